The van der Waals surface area contributed by atoms with E-state index in [0.717, 1.165) is 18.6 Å². The molecule has 2 saturated carbocycles. The smallest absolute Gasteiger partial charge is 0.376 e. The van der Waals surface area contributed by atoms with Crippen LogP contribution in [0.4, 0.5) is 0 Å². The van der Waals surface area contributed by atoms with Gasteiger partial charge >= 0.3 is 5.97 Å². The van der Waals surface area contributed by atoms with Crippen LogP contribution in [0.25, 0.3) is 5.84 Å². The number of nitrogens with zero attached hydrogens (tertiary/aromatic N) is 1. The van der Waals surface area contributed by atoms with Crippen molar-refractivity contribution >= 4 is 11.7 Å². The van der Waals surface area contributed by atoms with Crippen LogP contribution in [-0.2, 0) is 4.79 Å². The molecule has 4 nitrogen and oxygen atoms in total. The molecule has 2 heterocycles. The molecule has 0 aromatic carbocycles. The lowest BCUT2D eigenvalue weighted by molar-refractivity contribution is -0.540. The molecule has 0 amide bonds. The Hall–Kier alpha value is -1.06. The van der Waals surface area contributed by atoms with E-state index in [4.69, 9.17) is 5.84 Å². The number of hydrogen-bond donors (Lipinski definition) is 1. The van der Waals surface area contributed by atoms with E-state index >= 15 is 0 Å². The molecule has 0 spiro atoms. The normalized spacial score (nSPS) is 44.8. The molecule has 0 saturated heterocycles. The lowest BCUT2D eigenvalue weighted by Gasteiger charge is -2.44. The zero-order valence-corrected chi connectivity index (χ0v) is 10.0. The molecule has 4 aliphatic rings. The third-order valence-electron chi connectivity index (χ3n) is 5.34. The van der Waals surface area contributed by atoms with E-state index in [-0.39, 0.29) is 10.8 Å². The van der Waals surface area contributed by atoms with Gasteiger partial charge < -0.3 is 10.9 Å². The van der Waals surface area contributed by atoms with Crippen molar-refractivity contribution in [1.29, 1.82) is 0 Å². The van der Waals surface area contributed by atoms with Gasteiger partial charge in [-0.05, 0) is 11.8 Å². The van der Waals surface area contributed by atoms with Crippen molar-refractivity contribution in [2.45, 2.75) is 45.6 Å². The molecule has 4 rings (SSSR count). The fraction of sp³-hybridized carbons (Fsp3) is 0.833. The van der Waals surface area contributed by atoms with Gasteiger partial charge in [0.1, 0.15) is 0 Å². The first kappa shape index (κ1) is 10.1. The Balaban J connectivity index is 2.24. The highest BCUT2D eigenvalue weighted by molar-refractivity contribution is 5.97. The van der Waals surface area contributed by atoms with Crippen LogP contribution in [0.1, 0.15) is 40.0 Å². The highest BCUT2D eigenvalue weighted by Gasteiger charge is 2.82. The molecular weight excluding hydrogens is 204 g/mol. The van der Waals surface area contributed by atoms with Gasteiger partial charge in [-0.3, -0.25) is 4.68 Å². The second-order valence-electron chi connectivity index (χ2n) is 6.61. The van der Waals surface area contributed by atoms with Gasteiger partial charge in [-0.25, -0.2) is 4.79 Å². The molecule has 2 aliphatic heterocycles. The molecule has 2 N–H and O–H groups in total. The molecule has 2 aliphatic carbocycles. The molecular formula is C12H18N2O2. The average Bonchev–Trinajstić information content (AvgIpc) is 2.78. The Morgan fingerprint density at radius 1 is 1.50 bits per heavy atom. The van der Waals surface area contributed by atoms with Crippen molar-refractivity contribution in [3.05, 3.63) is 5.84 Å². The van der Waals surface area contributed by atoms with Gasteiger partial charge in [-0.2, -0.15) is 0 Å². The highest BCUT2D eigenvalue weighted by atomic mass is 16.4. The summed E-state index contributed by atoms with van der Waals surface area (Å²) < 4.78 is 1.34. The minimum absolute atomic E-state index is 0.0578. The Bertz CT molecular complexity index is 435. The number of nitrogens with one attached hydrogen (secondary N) is 1. The van der Waals surface area contributed by atoms with Crippen LogP contribution in [0.3, 0.4) is 0 Å². The van der Waals surface area contributed by atoms with Crippen molar-refractivity contribution in [3.63, 3.8) is 0 Å². The SMILES string of the molecule is CC(C)(C)[C@]12CC3=[N+]([NH-])C1(C(=O)O)C[C@@H]3C2. The summed E-state index contributed by atoms with van der Waals surface area (Å²) in [5.74, 6) is 7.62. The molecule has 0 aromatic heterocycles. The van der Waals surface area contributed by atoms with Gasteiger partial charge in [0.2, 0.25) is 0 Å². The predicted molar refractivity (Wildman–Crippen MR) is 59.2 cm³/mol. The second kappa shape index (κ2) is 2.29. The van der Waals surface area contributed by atoms with Crippen LogP contribution in [0, 0.1) is 16.7 Å². The molecule has 0 radical (unpaired) electrons. The Morgan fingerprint density at radius 3 is 2.44 bits per heavy atom. The fourth-order valence-electron chi connectivity index (χ4n) is 4.51. The Kier molecular flexibility index (Phi) is 1.45. The zero-order valence-electron chi connectivity index (χ0n) is 10.0. The minimum Gasteiger partial charge on any atom is -0.476 e. The topological polar surface area (TPSA) is 64.1 Å². The van der Waals surface area contributed by atoms with E-state index in [1.54, 1.807) is 0 Å². The summed E-state index contributed by atoms with van der Waals surface area (Å²) in [4.78, 5) is 11.7. The van der Waals surface area contributed by atoms with Gasteiger partial charge in [-0.1, -0.05) is 20.8 Å². The summed E-state index contributed by atoms with van der Waals surface area (Å²) in [7, 11) is 0. The third-order valence-corrected chi connectivity index (χ3v) is 5.34. The van der Waals surface area contributed by atoms with Gasteiger partial charge in [0.25, 0.3) is 5.54 Å². The average molecular weight is 222 g/mol. The van der Waals surface area contributed by atoms with E-state index < -0.39 is 11.5 Å². The van der Waals surface area contributed by atoms with Crippen LogP contribution in [0.2, 0.25) is 0 Å². The van der Waals surface area contributed by atoms with E-state index in [2.05, 4.69) is 20.8 Å². The standard InChI is InChI=1S/C12H18N2O2/c1-10(2,3)11-4-7-5-12(11,9(15)16)14(13)8(7)6-11/h7,13H,4-6H2,1-3H3,(H,15,16)/t7-,11-,12?/m0/s1. The van der Waals surface area contributed by atoms with Gasteiger partial charge in [0.05, 0.1) is 5.41 Å². The van der Waals surface area contributed by atoms with Gasteiger partial charge in [0.15, 0.2) is 5.71 Å². The second-order valence-corrected chi connectivity index (χ2v) is 6.61. The Morgan fingerprint density at radius 2 is 2.12 bits per heavy atom. The van der Waals surface area contributed by atoms with Crippen molar-refractivity contribution in [2.24, 2.45) is 16.7 Å². The molecule has 4 heteroatoms. The van der Waals surface area contributed by atoms with E-state index in [1.165, 1.54) is 4.68 Å². The van der Waals surface area contributed by atoms with Crippen LogP contribution in [0.15, 0.2) is 0 Å². The summed E-state index contributed by atoms with van der Waals surface area (Å²) in [6, 6.07) is 0. The van der Waals surface area contributed by atoms with Crippen molar-refractivity contribution < 1.29 is 14.6 Å². The quantitative estimate of drug-likeness (QED) is 0.690. The summed E-state index contributed by atoms with van der Waals surface area (Å²) in [6.07, 6.45) is 2.43. The maximum atomic E-state index is 11.7. The monoisotopic (exact) mass is 222 g/mol. The maximum Gasteiger partial charge on any atom is 0.376 e. The summed E-state index contributed by atoms with van der Waals surface area (Å²) in [6.45, 7) is 6.36. The predicted octanol–water partition coefficient (Wildman–Crippen LogP) is 2.09. The summed E-state index contributed by atoms with van der Waals surface area (Å²) in [5.41, 5.74) is -0.159. The first-order chi connectivity index (χ1) is 7.26. The van der Waals surface area contributed by atoms with Crippen LogP contribution in [0.5, 0.6) is 0 Å². The lowest BCUT2D eigenvalue weighted by atomic mass is 9.57. The number of rotatable bonds is 1. The number of hydrogen-bond acceptors (Lipinski definition) is 1. The Labute approximate surface area is 95.1 Å². The molecule has 16 heavy (non-hydrogen) atoms. The van der Waals surface area contributed by atoms with Crippen molar-refractivity contribution in [3.8, 4) is 0 Å². The van der Waals surface area contributed by atoms with Crippen molar-refractivity contribution in [1.82, 2.24) is 0 Å². The zero-order chi connectivity index (χ0) is 11.9. The molecule has 0 aromatic rings. The highest BCUT2D eigenvalue weighted by Crippen LogP contribution is 2.71. The molecule has 3 atom stereocenters. The summed E-state index contributed by atoms with van der Waals surface area (Å²) >= 11 is 0. The van der Waals surface area contributed by atoms with E-state index in [1.807, 2.05) is 0 Å². The number of carboxylic acids is 1. The molecule has 4 bridgehead atoms. The van der Waals surface area contributed by atoms with Crippen LogP contribution < -0.4 is 0 Å². The lowest BCUT2D eigenvalue weighted by Crippen LogP contribution is -2.57. The van der Waals surface area contributed by atoms with Gasteiger partial charge in [0, 0.05) is 18.8 Å². The molecule has 2 fully saturated rings. The maximum absolute atomic E-state index is 11.7. The first-order valence-corrected chi connectivity index (χ1v) is 5.87. The van der Waals surface area contributed by atoms with Crippen LogP contribution in [-0.4, -0.2) is 27.0 Å². The minimum atomic E-state index is -0.939. The molecule has 88 valence electrons. The van der Waals surface area contributed by atoms with Crippen LogP contribution >= 0.6 is 0 Å². The van der Waals surface area contributed by atoms with E-state index in [9.17, 15) is 9.90 Å². The van der Waals surface area contributed by atoms with E-state index in [0.29, 0.717) is 12.3 Å². The summed E-state index contributed by atoms with van der Waals surface area (Å²) in [5, 5.41) is 9.61. The molecule has 1 unspecified atom stereocenters. The van der Waals surface area contributed by atoms with Gasteiger partial charge in [-0.15, -0.1) is 0 Å². The first-order valence-electron chi connectivity index (χ1n) is 5.87. The van der Waals surface area contributed by atoms with Crippen molar-refractivity contribution in [2.75, 3.05) is 0 Å². The number of carboxylic acid groups (broad SMARTS) is 1. The largest absolute Gasteiger partial charge is 0.476 e. The third kappa shape index (κ3) is 0.684. The fourth-order valence-corrected chi connectivity index (χ4v) is 4.51. The number of carbonyl (C=O) groups is 1. The number of aliphatic carboxylic acids is 1.